The molecule has 2 atom stereocenters. The number of rotatable bonds is 10. The first-order valence-electron chi connectivity index (χ1n) is 8.10. The van der Waals surface area contributed by atoms with E-state index in [0.717, 1.165) is 12.5 Å². The molecule has 0 aliphatic rings. The SMILES string of the molecule is CCCCC(CC)Cn1ccc(C(C)NCCC)c1. The van der Waals surface area contributed by atoms with Crippen LogP contribution in [0.2, 0.25) is 0 Å². The Morgan fingerprint density at radius 1 is 1.21 bits per heavy atom. The van der Waals surface area contributed by atoms with Gasteiger partial charge in [-0.25, -0.2) is 0 Å². The van der Waals surface area contributed by atoms with Gasteiger partial charge in [-0.05, 0) is 43.9 Å². The summed E-state index contributed by atoms with van der Waals surface area (Å²) >= 11 is 0. The summed E-state index contributed by atoms with van der Waals surface area (Å²) in [6.07, 6.45) is 11.1. The molecule has 19 heavy (non-hydrogen) atoms. The molecule has 0 fully saturated rings. The molecular weight excluding hydrogens is 232 g/mol. The van der Waals surface area contributed by atoms with Crippen LogP contribution < -0.4 is 5.32 Å². The van der Waals surface area contributed by atoms with Crippen LogP contribution in [0, 0.1) is 5.92 Å². The van der Waals surface area contributed by atoms with Crippen LogP contribution in [0.5, 0.6) is 0 Å². The molecule has 0 saturated carbocycles. The molecular formula is C17H32N2. The normalized spacial score (nSPS) is 14.5. The van der Waals surface area contributed by atoms with Gasteiger partial charge in [0.05, 0.1) is 0 Å². The Bertz CT molecular complexity index is 330. The molecule has 0 aromatic carbocycles. The van der Waals surface area contributed by atoms with Crippen molar-refractivity contribution in [1.82, 2.24) is 9.88 Å². The third-order valence-electron chi connectivity index (χ3n) is 3.99. The second-order valence-corrected chi connectivity index (χ2v) is 5.73. The first-order valence-corrected chi connectivity index (χ1v) is 8.10. The van der Waals surface area contributed by atoms with Gasteiger partial charge in [0, 0.05) is 25.0 Å². The fourth-order valence-corrected chi connectivity index (χ4v) is 2.52. The molecule has 0 aliphatic heterocycles. The summed E-state index contributed by atoms with van der Waals surface area (Å²) < 4.78 is 2.38. The Morgan fingerprint density at radius 3 is 2.63 bits per heavy atom. The number of hydrogen-bond donors (Lipinski definition) is 1. The Labute approximate surface area is 119 Å². The third-order valence-corrected chi connectivity index (χ3v) is 3.99. The van der Waals surface area contributed by atoms with Gasteiger partial charge in [-0.1, -0.05) is 40.0 Å². The summed E-state index contributed by atoms with van der Waals surface area (Å²) in [5.74, 6) is 0.833. The Kier molecular flexibility index (Phi) is 7.88. The van der Waals surface area contributed by atoms with E-state index >= 15 is 0 Å². The summed E-state index contributed by atoms with van der Waals surface area (Å²) in [6, 6.07) is 2.73. The Morgan fingerprint density at radius 2 is 2.00 bits per heavy atom. The number of unbranched alkanes of at least 4 members (excludes halogenated alkanes) is 1. The van der Waals surface area contributed by atoms with E-state index in [9.17, 15) is 0 Å². The lowest BCUT2D eigenvalue weighted by Gasteiger charge is -2.15. The van der Waals surface area contributed by atoms with Crippen LogP contribution in [-0.4, -0.2) is 11.1 Å². The van der Waals surface area contributed by atoms with E-state index < -0.39 is 0 Å². The molecule has 1 heterocycles. The Hall–Kier alpha value is -0.760. The molecule has 1 N–H and O–H groups in total. The highest BCUT2D eigenvalue weighted by atomic mass is 15.0. The predicted molar refractivity (Wildman–Crippen MR) is 84.4 cm³/mol. The van der Waals surface area contributed by atoms with Gasteiger partial charge in [-0.2, -0.15) is 0 Å². The summed E-state index contributed by atoms with van der Waals surface area (Å²) in [7, 11) is 0. The lowest BCUT2D eigenvalue weighted by atomic mass is 9.99. The number of nitrogens with one attached hydrogen (secondary N) is 1. The zero-order chi connectivity index (χ0) is 14.1. The molecule has 2 heteroatoms. The van der Waals surface area contributed by atoms with Crippen molar-refractivity contribution in [2.45, 2.75) is 72.4 Å². The van der Waals surface area contributed by atoms with Gasteiger partial charge in [-0.3, -0.25) is 0 Å². The summed E-state index contributed by atoms with van der Waals surface area (Å²) in [5.41, 5.74) is 1.42. The van der Waals surface area contributed by atoms with E-state index in [2.05, 4.69) is 56.0 Å². The second-order valence-electron chi connectivity index (χ2n) is 5.73. The maximum Gasteiger partial charge on any atom is 0.0306 e. The van der Waals surface area contributed by atoms with E-state index in [0.29, 0.717) is 6.04 Å². The minimum Gasteiger partial charge on any atom is -0.354 e. The van der Waals surface area contributed by atoms with Crippen LogP contribution in [0.25, 0.3) is 0 Å². The molecule has 0 spiro atoms. The van der Waals surface area contributed by atoms with Crippen LogP contribution in [0.4, 0.5) is 0 Å². The van der Waals surface area contributed by atoms with Crippen LogP contribution in [-0.2, 0) is 6.54 Å². The topological polar surface area (TPSA) is 17.0 Å². The van der Waals surface area contributed by atoms with Gasteiger partial charge in [-0.15, -0.1) is 0 Å². The van der Waals surface area contributed by atoms with Crippen LogP contribution in [0.15, 0.2) is 18.5 Å². The van der Waals surface area contributed by atoms with Crippen molar-refractivity contribution in [2.24, 2.45) is 5.92 Å². The molecule has 0 radical (unpaired) electrons. The summed E-state index contributed by atoms with van der Waals surface area (Å²) in [6.45, 7) is 11.3. The second kappa shape index (κ2) is 9.19. The van der Waals surface area contributed by atoms with E-state index in [4.69, 9.17) is 0 Å². The fourth-order valence-electron chi connectivity index (χ4n) is 2.52. The lowest BCUT2D eigenvalue weighted by molar-refractivity contribution is 0.391. The Balaban J connectivity index is 2.48. The number of aromatic nitrogens is 1. The molecule has 110 valence electrons. The molecule has 0 aliphatic carbocycles. The van der Waals surface area contributed by atoms with Crippen molar-refractivity contribution in [3.63, 3.8) is 0 Å². The van der Waals surface area contributed by atoms with E-state index in [1.807, 2.05) is 0 Å². The number of hydrogen-bond acceptors (Lipinski definition) is 1. The average molecular weight is 264 g/mol. The maximum absolute atomic E-state index is 3.55. The highest BCUT2D eigenvalue weighted by Crippen LogP contribution is 2.18. The van der Waals surface area contributed by atoms with Crippen LogP contribution >= 0.6 is 0 Å². The smallest absolute Gasteiger partial charge is 0.0306 e. The highest BCUT2D eigenvalue weighted by Gasteiger charge is 2.09. The summed E-state index contributed by atoms with van der Waals surface area (Å²) in [4.78, 5) is 0. The first kappa shape index (κ1) is 16.3. The van der Waals surface area contributed by atoms with Crippen LogP contribution in [0.3, 0.4) is 0 Å². The zero-order valence-electron chi connectivity index (χ0n) is 13.3. The van der Waals surface area contributed by atoms with Gasteiger partial charge < -0.3 is 9.88 Å². The third kappa shape index (κ3) is 5.82. The average Bonchev–Trinajstić information content (AvgIpc) is 2.89. The van der Waals surface area contributed by atoms with Crippen molar-refractivity contribution in [1.29, 1.82) is 0 Å². The van der Waals surface area contributed by atoms with Crippen molar-refractivity contribution in [3.8, 4) is 0 Å². The molecule has 0 bridgehead atoms. The van der Waals surface area contributed by atoms with Gasteiger partial charge in [0.1, 0.15) is 0 Å². The van der Waals surface area contributed by atoms with Crippen LogP contribution in [0.1, 0.15) is 71.4 Å². The molecule has 2 unspecified atom stereocenters. The minimum absolute atomic E-state index is 0.469. The fraction of sp³-hybridized carbons (Fsp3) is 0.765. The van der Waals surface area contributed by atoms with Crippen molar-refractivity contribution < 1.29 is 0 Å². The molecule has 1 aromatic heterocycles. The molecule has 0 saturated heterocycles. The lowest BCUT2D eigenvalue weighted by Crippen LogP contribution is -2.18. The van der Waals surface area contributed by atoms with Gasteiger partial charge in [0.25, 0.3) is 0 Å². The minimum atomic E-state index is 0.469. The monoisotopic (exact) mass is 264 g/mol. The van der Waals surface area contributed by atoms with Crippen molar-refractivity contribution >= 4 is 0 Å². The highest BCUT2D eigenvalue weighted by molar-refractivity contribution is 5.14. The molecule has 1 rings (SSSR count). The standard InChI is InChI=1S/C17H32N2/c1-5-8-9-16(7-3)13-19-12-10-17(14-19)15(4)18-11-6-2/h10,12,14-16,18H,5-9,11,13H2,1-4H3. The van der Waals surface area contributed by atoms with Gasteiger partial charge in [0.2, 0.25) is 0 Å². The number of nitrogens with zero attached hydrogens (tertiary/aromatic N) is 1. The van der Waals surface area contributed by atoms with E-state index in [1.165, 1.54) is 44.2 Å². The molecule has 1 aromatic rings. The van der Waals surface area contributed by atoms with Gasteiger partial charge in [0.15, 0.2) is 0 Å². The van der Waals surface area contributed by atoms with Crippen molar-refractivity contribution in [3.05, 3.63) is 24.0 Å². The first-order chi connectivity index (χ1) is 9.21. The quantitative estimate of drug-likeness (QED) is 0.644. The van der Waals surface area contributed by atoms with E-state index in [-0.39, 0.29) is 0 Å². The molecule has 0 amide bonds. The largest absolute Gasteiger partial charge is 0.354 e. The zero-order valence-corrected chi connectivity index (χ0v) is 13.3. The van der Waals surface area contributed by atoms with Crippen molar-refractivity contribution in [2.75, 3.05) is 6.54 Å². The summed E-state index contributed by atoms with van der Waals surface area (Å²) in [5, 5.41) is 3.55. The molecule has 2 nitrogen and oxygen atoms in total. The van der Waals surface area contributed by atoms with Gasteiger partial charge >= 0.3 is 0 Å². The van der Waals surface area contributed by atoms with E-state index in [1.54, 1.807) is 0 Å². The maximum atomic E-state index is 3.55. The predicted octanol–water partition coefficient (Wildman–Crippen LogP) is 4.77.